The number of anilines is 2. The molecule has 28 heavy (non-hydrogen) atoms. The normalized spacial score (nSPS) is 11.4. The SMILES string of the molecule is CCCc1c(N)c(CCC)c(CCC)c(N=Nc2ccc(N)cc2)c1CCC. The van der Waals surface area contributed by atoms with Crippen LogP contribution in [0.25, 0.3) is 0 Å². The summed E-state index contributed by atoms with van der Waals surface area (Å²) in [5.41, 5.74) is 21.3. The molecule has 0 saturated carbocycles. The zero-order valence-corrected chi connectivity index (χ0v) is 18.0. The second-order valence-corrected chi connectivity index (χ2v) is 7.47. The number of azo groups is 1. The average Bonchev–Trinajstić information content (AvgIpc) is 2.69. The molecule has 152 valence electrons. The van der Waals surface area contributed by atoms with Gasteiger partial charge in [-0.3, -0.25) is 0 Å². The third-order valence-electron chi connectivity index (χ3n) is 5.11. The monoisotopic (exact) mass is 380 g/mol. The van der Waals surface area contributed by atoms with Gasteiger partial charge in [0.25, 0.3) is 0 Å². The third kappa shape index (κ3) is 5.12. The molecular weight excluding hydrogens is 344 g/mol. The smallest absolute Gasteiger partial charge is 0.0927 e. The van der Waals surface area contributed by atoms with E-state index in [1.807, 2.05) is 24.3 Å². The van der Waals surface area contributed by atoms with Crippen LogP contribution in [-0.2, 0) is 25.7 Å². The van der Waals surface area contributed by atoms with Gasteiger partial charge in [-0.1, -0.05) is 53.4 Å². The molecule has 0 aromatic heterocycles. The van der Waals surface area contributed by atoms with Crippen molar-refractivity contribution in [2.75, 3.05) is 11.5 Å². The maximum absolute atomic E-state index is 6.72. The summed E-state index contributed by atoms with van der Waals surface area (Å²) < 4.78 is 0. The highest BCUT2D eigenvalue weighted by Gasteiger charge is 2.21. The standard InChI is InChI=1S/C24H36N4/c1-5-9-19-21(11-7-3)24(28-27-18-15-13-17(25)14-16-18)22(12-8-4)20(10-6-2)23(19)26/h13-16H,5-12,25-26H2,1-4H3. The lowest BCUT2D eigenvalue weighted by atomic mass is 9.86. The van der Waals surface area contributed by atoms with Gasteiger partial charge in [-0.05, 0) is 72.2 Å². The molecule has 0 saturated heterocycles. The summed E-state index contributed by atoms with van der Waals surface area (Å²) in [6.45, 7) is 8.85. The summed E-state index contributed by atoms with van der Waals surface area (Å²) in [5, 5.41) is 9.36. The second-order valence-electron chi connectivity index (χ2n) is 7.47. The summed E-state index contributed by atoms with van der Waals surface area (Å²) in [6, 6.07) is 7.55. The molecule has 2 aromatic rings. The van der Waals surface area contributed by atoms with E-state index in [1.54, 1.807) is 0 Å². The summed E-state index contributed by atoms with van der Waals surface area (Å²) in [7, 11) is 0. The number of rotatable bonds is 10. The Morgan fingerprint density at radius 3 is 1.46 bits per heavy atom. The molecule has 4 heteroatoms. The molecule has 0 aliphatic carbocycles. The van der Waals surface area contributed by atoms with Crippen LogP contribution in [0.5, 0.6) is 0 Å². The van der Waals surface area contributed by atoms with Crippen molar-refractivity contribution in [2.45, 2.75) is 79.1 Å². The molecule has 0 aliphatic heterocycles. The van der Waals surface area contributed by atoms with Crippen LogP contribution in [0.15, 0.2) is 34.5 Å². The molecule has 0 amide bonds. The van der Waals surface area contributed by atoms with Crippen LogP contribution in [0.1, 0.15) is 75.6 Å². The fourth-order valence-electron chi connectivity index (χ4n) is 3.85. The van der Waals surface area contributed by atoms with Crippen LogP contribution in [-0.4, -0.2) is 0 Å². The fraction of sp³-hybridized carbons (Fsp3) is 0.500. The van der Waals surface area contributed by atoms with Crippen molar-refractivity contribution in [1.82, 2.24) is 0 Å². The Hall–Kier alpha value is -2.36. The number of hydrogen-bond donors (Lipinski definition) is 2. The van der Waals surface area contributed by atoms with E-state index in [-0.39, 0.29) is 0 Å². The molecule has 0 unspecified atom stereocenters. The summed E-state index contributed by atoms with van der Waals surface area (Å²) in [6.07, 6.45) is 8.25. The molecule has 0 bridgehead atoms. The number of nitrogen functional groups attached to an aromatic ring is 2. The van der Waals surface area contributed by atoms with Gasteiger partial charge in [-0.2, -0.15) is 5.11 Å². The first-order valence-corrected chi connectivity index (χ1v) is 10.8. The lowest BCUT2D eigenvalue weighted by molar-refractivity contribution is 0.825. The van der Waals surface area contributed by atoms with Crippen molar-refractivity contribution in [3.8, 4) is 0 Å². The van der Waals surface area contributed by atoms with Crippen molar-refractivity contribution in [2.24, 2.45) is 10.2 Å². The largest absolute Gasteiger partial charge is 0.399 e. The van der Waals surface area contributed by atoms with Gasteiger partial charge in [-0.15, -0.1) is 5.11 Å². The highest BCUT2D eigenvalue weighted by Crippen LogP contribution is 2.40. The van der Waals surface area contributed by atoms with Crippen LogP contribution in [0.3, 0.4) is 0 Å². The first-order valence-electron chi connectivity index (χ1n) is 10.8. The van der Waals surface area contributed by atoms with Crippen molar-refractivity contribution in [3.05, 3.63) is 46.5 Å². The van der Waals surface area contributed by atoms with Gasteiger partial charge in [0.2, 0.25) is 0 Å². The molecule has 0 heterocycles. The predicted octanol–water partition coefficient (Wildman–Crippen LogP) is 7.08. The number of nitrogens with zero attached hydrogens (tertiary/aromatic N) is 2. The van der Waals surface area contributed by atoms with E-state index in [0.717, 1.165) is 74.1 Å². The highest BCUT2D eigenvalue weighted by atomic mass is 15.1. The Balaban J connectivity index is 2.70. The second kappa shape index (κ2) is 10.8. The van der Waals surface area contributed by atoms with Crippen molar-refractivity contribution < 1.29 is 0 Å². The predicted molar refractivity (Wildman–Crippen MR) is 122 cm³/mol. The third-order valence-corrected chi connectivity index (χ3v) is 5.11. The minimum absolute atomic E-state index is 0.736. The zero-order valence-electron chi connectivity index (χ0n) is 18.0. The van der Waals surface area contributed by atoms with Gasteiger partial charge in [0.15, 0.2) is 0 Å². The minimum atomic E-state index is 0.736. The summed E-state index contributed by atoms with van der Waals surface area (Å²) in [4.78, 5) is 0. The number of hydrogen-bond acceptors (Lipinski definition) is 4. The highest BCUT2D eigenvalue weighted by molar-refractivity contribution is 5.71. The maximum Gasteiger partial charge on any atom is 0.0927 e. The van der Waals surface area contributed by atoms with E-state index in [1.165, 1.54) is 22.3 Å². The van der Waals surface area contributed by atoms with Crippen LogP contribution in [0, 0.1) is 0 Å². The molecule has 0 spiro atoms. The van der Waals surface area contributed by atoms with Gasteiger partial charge >= 0.3 is 0 Å². The number of benzene rings is 2. The minimum Gasteiger partial charge on any atom is -0.399 e. The maximum atomic E-state index is 6.72. The zero-order chi connectivity index (χ0) is 20.5. The lowest BCUT2D eigenvalue weighted by Crippen LogP contribution is -2.09. The van der Waals surface area contributed by atoms with Gasteiger partial charge in [-0.25, -0.2) is 0 Å². The summed E-state index contributed by atoms with van der Waals surface area (Å²) in [5.74, 6) is 0. The molecule has 0 fully saturated rings. The van der Waals surface area contributed by atoms with Crippen molar-refractivity contribution >= 4 is 22.7 Å². The molecule has 4 nitrogen and oxygen atoms in total. The van der Waals surface area contributed by atoms with E-state index < -0.39 is 0 Å². The molecule has 4 N–H and O–H groups in total. The molecule has 2 aromatic carbocycles. The van der Waals surface area contributed by atoms with Gasteiger partial charge in [0.05, 0.1) is 11.4 Å². The van der Waals surface area contributed by atoms with Crippen LogP contribution >= 0.6 is 0 Å². The summed E-state index contributed by atoms with van der Waals surface area (Å²) >= 11 is 0. The first-order chi connectivity index (χ1) is 13.6. The topological polar surface area (TPSA) is 76.8 Å². The van der Waals surface area contributed by atoms with Crippen molar-refractivity contribution in [3.63, 3.8) is 0 Å². The Bertz CT molecular complexity index is 754. The Morgan fingerprint density at radius 2 is 1.04 bits per heavy atom. The molecular formula is C24H36N4. The Labute approximate surface area is 170 Å². The van der Waals surface area contributed by atoms with E-state index >= 15 is 0 Å². The van der Waals surface area contributed by atoms with Crippen LogP contribution in [0.2, 0.25) is 0 Å². The molecule has 0 atom stereocenters. The van der Waals surface area contributed by atoms with Crippen molar-refractivity contribution in [1.29, 1.82) is 0 Å². The van der Waals surface area contributed by atoms with E-state index in [4.69, 9.17) is 16.6 Å². The van der Waals surface area contributed by atoms with E-state index in [9.17, 15) is 0 Å². The van der Waals surface area contributed by atoms with Gasteiger partial charge in [0, 0.05) is 11.4 Å². The van der Waals surface area contributed by atoms with E-state index in [0.29, 0.717) is 0 Å². The van der Waals surface area contributed by atoms with Crippen LogP contribution < -0.4 is 11.5 Å². The van der Waals surface area contributed by atoms with E-state index in [2.05, 4.69) is 32.8 Å². The Kier molecular flexibility index (Phi) is 8.49. The quantitative estimate of drug-likeness (QED) is 0.341. The number of nitrogens with two attached hydrogens (primary N) is 2. The van der Waals surface area contributed by atoms with Gasteiger partial charge in [0.1, 0.15) is 0 Å². The molecule has 2 rings (SSSR count). The molecule has 0 radical (unpaired) electrons. The van der Waals surface area contributed by atoms with Gasteiger partial charge < -0.3 is 11.5 Å². The average molecular weight is 381 g/mol. The Morgan fingerprint density at radius 1 is 0.607 bits per heavy atom. The lowest BCUT2D eigenvalue weighted by Gasteiger charge is -2.22. The first kappa shape index (κ1) is 21.9. The molecule has 0 aliphatic rings. The van der Waals surface area contributed by atoms with Crippen LogP contribution in [0.4, 0.5) is 22.7 Å². The fourth-order valence-corrected chi connectivity index (χ4v) is 3.85.